The molecule has 8 aliphatic rings. The van der Waals surface area contributed by atoms with Gasteiger partial charge in [-0.3, -0.25) is 0 Å². The quantitative estimate of drug-likeness (QED) is 0.153. The summed E-state index contributed by atoms with van der Waals surface area (Å²) in [4.78, 5) is 0. The second kappa shape index (κ2) is 12.4. The van der Waals surface area contributed by atoms with Gasteiger partial charge in [0.05, 0.1) is 41.2 Å². The minimum absolute atomic E-state index is 0. The van der Waals surface area contributed by atoms with Crippen LogP contribution in [0.2, 0.25) is 0 Å². The van der Waals surface area contributed by atoms with E-state index < -0.39 is 0 Å². The lowest BCUT2D eigenvalue weighted by atomic mass is 9.43. The average molecular weight is 701 g/mol. The lowest BCUT2D eigenvalue weighted by Crippen LogP contribution is -2.65. The van der Waals surface area contributed by atoms with Crippen LogP contribution in [0.5, 0.6) is 0 Å². The summed E-state index contributed by atoms with van der Waals surface area (Å²) in [5.74, 6) is 2.73. The third-order valence-corrected chi connectivity index (χ3v) is 14.5. The monoisotopic (exact) mass is 700 g/mol. The number of furan rings is 2. The van der Waals surface area contributed by atoms with Gasteiger partial charge in [0.15, 0.2) is 0 Å². The Morgan fingerprint density at radius 1 is 0.680 bits per heavy atom. The Kier molecular flexibility index (Phi) is 8.99. The van der Waals surface area contributed by atoms with Crippen LogP contribution < -0.4 is 0 Å². The zero-order valence-electron chi connectivity index (χ0n) is 29.0. The molecule has 2 aromatic heterocycles. The highest BCUT2D eigenvalue weighted by Gasteiger charge is 2.69. The molecule has 8 fully saturated rings. The zero-order valence-corrected chi connectivity index (χ0v) is 29.8. The van der Waals surface area contributed by atoms with E-state index >= 15 is 0 Å². The molecule has 268 valence electrons. The van der Waals surface area contributed by atoms with Crippen molar-refractivity contribution in [2.45, 2.75) is 124 Å². The Bertz CT molecular complexity index is 1850. The van der Waals surface area contributed by atoms with Crippen molar-refractivity contribution < 1.29 is 27.5 Å². The normalized spacial score (nSPS) is 35.8. The lowest BCUT2D eigenvalue weighted by Gasteiger charge is -2.64. The van der Waals surface area contributed by atoms with Crippen LogP contribution in [0.15, 0.2) is 69.9 Å². The Morgan fingerprint density at radius 3 is 1.76 bits per heavy atom. The molecule has 4 bridgehead atoms. The molecular weight excluding hydrogens is 646 g/mol. The predicted molar refractivity (Wildman–Crippen MR) is 203 cm³/mol. The van der Waals surface area contributed by atoms with Crippen molar-refractivity contribution >= 4 is 47.8 Å². The predicted octanol–water partition coefficient (Wildman–Crippen LogP) is 10.4. The fraction of sp³-hybridized carbons (Fsp3) is 0.610. The van der Waals surface area contributed by atoms with E-state index in [2.05, 4.69) is 59.7 Å². The molecule has 6 aliphatic carbocycles. The SMILES string of the molecule is C.C.CC1(C)[C@@H]2C[C@H]3OB(Cc4coc5ccccc45)O[C@@]3(C)[C@H]1C2.CC1(C)[C@@H]2C[C@H]3OB([C@H](Cl)Cc4coc5ccccc45)O[C@@]3(C)[C@H]1C2. The van der Waals surface area contributed by atoms with Crippen molar-refractivity contribution in [2.24, 2.45) is 34.5 Å². The first-order chi connectivity index (χ1) is 22.9. The van der Waals surface area contributed by atoms with E-state index in [9.17, 15) is 0 Å². The van der Waals surface area contributed by atoms with Crippen LogP contribution in [-0.4, -0.2) is 42.9 Å². The summed E-state index contributed by atoms with van der Waals surface area (Å²) in [5.41, 5.74) is 4.56. The second-order valence-electron chi connectivity index (χ2n) is 17.2. The van der Waals surface area contributed by atoms with Crippen LogP contribution in [0, 0.1) is 34.5 Å². The number of benzene rings is 2. The van der Waals surface area contributed by atoms with Gasteiger partial charge in [0, 0.05) is 17.1 Å². The van der Waals surface area contributed by atoms with Gasteiger partial charge >= 0.3 is 14.2 Å². The molecular formula is C41H55B2ClO6. The van der Waals surface area contributed by atoms with E-state index in [1.165, 1.54) is 23.8 Å². The molecule has 2 aliphatic heterocycles. The summed E-state index contributed by atoms with van der Waals surface area (Å²) in [6.45, 7) is 14.0. The zero-order chi connectivity index (χ0) is 33.2. The Labute approximate surface area is 304 Å². The maximum atomic E-state index is 6.75. The Hall–Kier alpha value is -2.22. The van der Waals surface area contributed by atoms with Crippen LogP contribution in [0.1, 0.15) is 93.2 Å². The molecule has 0 N–H and O–H groups in total. The van der Waals surface area contributed by atoms with Crippen molar-refractivity contribution in [1.82, 2.24) is 0 Å². The summed E-state index contributed by atoms with van der Waals surface area (Å²) in [6, 6.07) is 16.2. The van der Waals surface area contributed by atoms with Crippen molar-refractivity contribution in [3.63, 3.8) is 0 Å². The Morgan fingerprint density at radius 2 is 1.18 bits per heavy atom. The number of alkyl halides is 1. The first-order valence-corrected chi connectivity index (χ1v) is 18.5. The van der Waals surface area contributed by atoms with Gasteiger partial charge in [-0.15, -0.1) is 11.6 Å². The van der Waals surface area contributed by atoms with E-state index in [4.69, 9.17) is 39.1 Å². The maximum Gasteiger partial charge on any atom is 0.477 e. The van der Waals surface area contributed by atoms with Gasteiger partial charge in [-0.25, -0.2) is 0 Å². The standard InChI is InChI=1S/C20H24BClO3.C19H23BO3.2CH4/c1-19(2)13-9-16(19)20(3)17(10-13)24-21(25-20)18(22)8-12-11-23-15-7-5-4-6-14(12)15;1-18(2)13-8-16(18)19(3)17(9-13)22-20(23-19)10-12-11-21-15-7-5-4-6-14(12)15;;/h4-7,11,13,16-18H,8-10H2,1-3H3;4-7,11,13,16-17H,8-10H2,1-3H3;2*1H4/t13-,16-,17+,18+,20-;13-,16-,17+,19-;;/m00../s1. The summed E-state index contributed by atoms with van der Waals surface area (Å²) < 4.78 is 36.9. The van der Waals surface area contributed by atoms with Gasteiger partial charge in [-0.2, -0.15) is 0 Å². The number of halogens is 1. The average Bonchev–Trinajstić information content (AvgIpc) is 3.83. The van der Waals surface area contributed by atoms with Gasteiger partial charge in [0.25, 0.3) is 0 Å². The fourth-order valence-corrected chi connectivity index (χ4v) is 11.2. The summed E-state index contributed by atoms with van der Waals surface area (Å²) >= 11 is 6.75. The van der Waals surface area contributed by atoms with E-state index in [0.717, 1.165) is 53.1 Å². The molecule has 12 rings (SSSR count). The highest BCUT2D eigenvalue weighted by molar-refractivity contribution is 6.60. The van der Waals surface area contributed by atoms with Crippen molar-refractivity contribution in [2.75, 3.05) is 0 Å². The smallest absolute Gasteiger partial charge is 0.464 e. The molecule has 4 heterocycles. The van der Waals surface area contributed by atoms with Gasteiger partial charge < -0.3 is 27.5 Å². The number of hydrogen-bond acceptors (Lipinski definition) is 6. The molecule has 0 amide bonds. The maximum absolute atomic E-state index is 6.75. The van der Waals surface area contributed by atoms with Gasteiger partial charge in [-0.05, 0) is 104 Å². The highest BCUT2D eigenvalue weighted by atomic mass is 35.5. The highest BCUT2D eigenvalue weighted by Crippen LogP contribution is 2.67. The number of para-hydroxylation sites is 2. The van der Waals surface area contributed by atoms with E-state index in [1.807, 2.05) is 42.9 Å². The largest absolute Gasteiger partial charge is 0.477 e. The van der Waals surface area contributed by atoms with Gasteiger partial charge in [-0.1, -0.05) is 78.9 Å². The minimum Gasteiger partial charge on any atom is -0.464 e. The molecule has 50 heavy (non-hydrogen) atoms. The van der Waals surface area contributed by atoms with Crippen LogP contribution in [0.3, 0.4) is 0 Å². The van der Waals surface area contributed by atoms with E-state index in [0.29, 0.717) is 29.1 Å². The van der Waals surface area contributed by atoms with Crippen molar-refractivity contribution in [1.29, 1.82) is 0 Å². The van der Waals surface area contributed by atoms with Crippen LogP contribution in [-0.2, 0) is 31.4 Å². The van der Waals surface area contributed by atoms with E-state index in [-0.39, 0.29) is 57.8 Å². The lowest BCUT2D eigenvalue weighted by molar-refractivity contribution is -0.199. The molecule has 9 atom stereocenters. The molecule has 6 nitrogen and oxygen atoms in total. The number of hydrogen-bond donors (Lipinski definition) is 0. The number of rotatable bonds is 5. The van der Waals surface area contributed by atoms with Crippen molar-refractivity contribution in [3.8, 4) is 0 Å². The van der Waals surface area contributed by atoms with Crippen molar-refractivity contribution in [3.05, 3.63) is 72.2 Å². The third-order valence-electron chi connectivity index (χ3n) is 14.2. The van der Waals surface area contributed by atoms with Crippen LogP contribution >= 0.6 is 11.6 Å². The third kappa shape index (κ3) is 5.29. The summed E-state index contributed by atoms with van der Waals surface area (Å²) in [6.07, 6.45) is 10.3. The van der Waals surface area contributed by atoms with Crippen LogP contribution in [0.25, 0.3) is 21.9 Å². The first-order valence-electron chi connectivity index (χ1n) is 18.1. The minimum atomic E-state index is -0.347. The molecule has 2 saturated heterocycles. The summed E-state index contributed by atoms with van der Waals surface area (Å²) in [5, 5.41) is 2.08. The van der Waals surface area contributed by atoms with Gasteiger partial charge in [0.1, 0.15) is 11.2 Å². The number of fused-ring (bicyclic) bond motifs is 2. The van der Waals surface area contributed by atoms with E-state index in [1.54, 1.807) is 0 Å². The van der Waals surface area contributed by atoms with Crippen LogP contribution in [0.4, 0.5) is 0 Å². The molecule has 0 spiro atoms. The fourth-order valence-electron chi connectivity index (χ4n) is 11.0. The summed E-state index contributed by atoms with van der Waals surface area (Å²) in [7, 11) is -0.498. The second-order valence-corrected chi connectivity index (χ2v) is 17.7. The van der Waals surface area contributed by atoms with Gasteiger partial charge in [0.2, 0.25) is 0 Å². The Balaban J connectivity index is 0.000000151. The molecule has 0 unspecified atom stereocenters. The first kappa shape index (κ1) is 36.2. The molecule has 0 radical (unpaired) electrons. The molecule has 9 heteroatoms. The molecule has 6 saturated carbocycles. The topological polar surface area (TPSA) is 63.2 Å². The molecule has 4 aromatic rings. The molecule has 2 aromatic carbocycles.